The highest BCUT2D eigenvalue weighted by molar-refractivity contribution is 5.96. The predicted octanol–water partition coefficient (Wildman–Crippen LogP) is 3.79. The summed E-state index contributed by atoms with van der Waals surface area (Å²) in [5.41, 5.74) is 2.03. The lowest BCUT2D eigenvalue weighted by atomic mass is 9.89. The first-order chi connectivity index (χ1) is 13.3. The summed E-state index contributed by atoms with van der Waals surface area (Å²) in [6.45, 7) is -0.0925. The van der Waals surface area contributed by atoms with Crippen LogP contribution in [0, 0.1) is 5.92 Å². The van der Waals surface area contributed by atoms with Gasteiger partial charge < -0.3 is 15.4 Å². The molecule has 28 heavy (non-hydrogen) atoms. The van der Waals surface area contributed by atoms with E-state index in [1.54, 1.807) is 6.07 Å². The lowest BCUT2D eigenvalue weighted by Gasteiger charge is -2.24. The van der Waals surface area contributed by atoms with Crippen molar-refractivity contribution in [2.45, 2.75) is 32.2 Å². The van der Waals surface area contributed by atoms with Crippen LogP contribution in [0.1, 0.15) is 24.0 Å². The smallest absolute Gasteiger partial charge is 0.405 e. The van der Waals surface area contributed by atoms with Gasteiger partial charge in [-0.15, -0.1) is 13.2 Å². The molecular formula is C20H19F3N2O3. The molecule has 2 aromatic rings. The van der Waals surface area contributed by atoms with Crippen LogP contribution in [0.25, 0.3) is 0 Å². The fraction of sp³-hybridized carbons (Fsp3) is 0.300. The fourth-order valence-electron chi connectivity index (χ4n) is 3.11. The van der Waals surface area contributed by atoms with Gasteiger partial charge in [-0.05, 0) is 30.5 Å². The number of ether oxygens (including phenoxy) is 1. The van der Waals surface area contributed by atoms with Crippen LogP contribution in [-0.4, -0.2) is 18.2 Å². The van der Waals surface area contributed by atoms with Crippen LogP contribution < -0.4 is 15.4 Å². The van der Waals surface area contributed by atoms with Crippen molar-refractivity contribution >= 4 is 17.5 Å². The molecule has 8 heteroatoms. The minimum atomic E-state index is -4.80. The lowest BCUT2D eigenvalue weighted by molar-refractivity contribution is -0.274. The van der Waals surface area contributed by atoms with E-state index in [0.717, 1.165) is 11.3 Å². The number of carbonyl (C=O) groups is 2. The zero-order chi connectivity index (χ0) is 20.1. The molecule has 0 bridgehead atoms. The Bertz CT molecular complexity index is 868. The molecule has 3 rings (SSSR count). The summed E-state index contributed by atoms with van der Waals surface area (Å²) < 4.78 is 41.3. The highest BCUT2D eigenvalue weighted by Crippen LogP contribution is 2.28. The number of hydrogen-bond donors (Lipinski definition) is 2. The molecule has 0 spiro atoms. The van der Waals surface area contributed by atoms with Crippen molar-refractivity contribution in [2.24, 2.45) is 5.92 Å². The molecule has 1 unspecified atom stereocenters. The number of carbonyl (C=O) groups excluding carboxylic acids is 2. The number of alkyl halides is 3. The van der Waals surface area contributed by atoms with E-state index >= 15 is 0 Å². The van der Waals surface area contributed by atoms with Crippen LogP contribution in [0.5, 0.6) is 5.75 Å². The molecule has 0 saturated heterocycles. The van der Waals surface area contributed by atoms with Gasteiger partial charge in [0.05, 0.1) is 0 Å². The topological polar surface area (TPSA) is 67.4 Å². The Morgan fingerprint density at radius 2 is 1.86 bits per heavy atom. The maximum atomic E-state index is 12.4. The summed E-state index contributed by atoms with van der Waals surface area (Å²) in [5.74, 6) is -1.14. The number of benzene rings is 2. The average molecular weight is 392 g/mol. The third-order valence-electron chi connectivity index (χ3n) is 4.51. The van der Waals surface area contributed by atoms with Gasteiger partial charge in [0.2, 0.25) is 11.8 Å². The normalized spacial score (nSPS) is 16.1. The molecule has 1 atom stereocenters. The Hall–Kier alpha value is -3.03. The Labute approximate surface area is 159 Å². The quantitative estimate of drug-likeness (QED) is 0.786. The van der Waals surface area contributed by atoms with Crippen LogP contribution in [0.4, 0.5) is 18.9 Å². The van der Waals surface area contributed by atoms with Crippen molar-refractivity contribution in [3.8, 4) is 5.75 Å². The molecule has 2 N–H and O–H groups in total. The van der Waals surface area contributed by atoms with Gasteiger partial charge in [0.1, 0.15) is 5.75 Å². The number of para-hydroxylation sites is 2. The molecule has 0 radical (unpaired) electrons. The van der Waals surface area contributed by atoms with Crippen molar-refractivity contribution < 1.29 is 27.5 Å². The van der Waals surface area contributed by atoms with Gasteiger partial charge in [-0.3, -0.25) is 9.59 Å². The SMILES string of the molecule is O=C(CCC1Cc2ccccc2NC1=O)NCc1ccccc1OC(F)(F)F. The summed E-state index contributed by atoms with van der Waals surface area (Å²) in [6, 6.07) is 13.1. The van der Waals surface area contributed by atoms with E-state index in [9.17, 15) is 22.8 Å². The Morgan fingerprint density at radius 3 is 2.64 bits per heavy atom. The molecule has 2 amide bonds. The summed E-state index contributed by atoms with van der Waals surface area (Å²) >= 11 is 0. The van der Waals surface area contributed by atoms with E-state index in [1.165, 1.54) is 18.2 Å². The van der Waals surface area contributed by atoms with Crippen molar-refractivity contribution in [3.63, 3.8) is 0 Å². The molecule has 1 aliphatic rings. The lowest BCUT2D eigenvalue weighted by Crippen LogP contribution is -2.31. The van der Waals surface area contributed by atoms with E-state index in [-0.39, 0.29) is 42.0 Å². The first-order valence-corrected chi connectivity index (χ1v) is 8.81. The first-order valence-electron chi connectivity index (χ1n) is 8.81. The van der Waals surface area contributed by atoms with Gasteiger partial charge in [0, 0.05) is 30.1 Å². The number of rotatable bonds is 6. The van der Waals surface area contributed by atoms with Crippen molar-refractivity contribution in [3.05, 3.63) is 59.7 Å². The second kappa shape index (κ2) is 8.33. The number of nitrogens with one attached hydrogen (secondary N) is 2. The second-order valence-electron chi connectivity index (χ2n) is 6.52. The standard InChI is InChI=1S/C20H19F3N2O3/c21-20(22,23)28-17-8-4-2-6-15(17)12-24-18(26)10-9-14-11-13-5-1-3-7-16(13)25-19(14)27/h1-8,14H,9-12H2,(H,24,26)(H,25,27). The molecule has 2 aromatic carbocycles. The summed E-state index contributed by atoms with van der Waals surface area (Å²) in [5, 5.41) is 5.41. The Kier molecular flexibility index (Phi) is 5.87. The molecule has 1 aliphatic heterocycles. The molecule has 5 nitrogen and oxygen atoms in total. The van der Waals surface area contributed by atoms with Crippen LogP contribution >= 0.6 is 0 Å². The number of anilines is 1. The minimum absolute atomic E-state index is 0.0925. The van der Waals surface area contributed by atoms with Crippen molar-refractivity contribution in [1.29, 1.82) is 0 Å². The van der Waals surface area contributed by atoms with Gasteiger partial charge in [0.15, 0.2) is 0 Å². The van der Waals surface area contributed by atoms with Gasteiger partial charge in [-0.25, -0.2) is 0 Å². The largest absolute Gasteiger partial charge is 0.573 e. The Morgan fingerprint density at radius 1 is 1.14 bits per heavy atom. The van der Waals surface area contributed by atoms with Crippen molar-refractivity contribution in [2.75, 3.05) is 5.32 Å². The summed E-state index contributed by atoms with van der Waals surface area (Å²) in [6.07, 6.45) is -3.79. The van der Waals surface area contributed by atoms with Crippen LogP contribution in [0.3, 0.4) is 0 Å². The molecular weight excluding hydrogens is 373 g/mol. The van der Waals surface area contributed by atoms with Gasteiger partial charge in [-0.2, -0.15) is 0 Å². The first kappa shape index (κ1) is 19.7. The van der Waals surface area contributed by atoms with Crippen LogP contribution in [-0.2, 0) is 22.6 Å². The highest BCUT2D eigenvalue weighted by atomic mass is 19.4. The zero-order valence-corrected chi connectivity index (χ0v) is 14.9. The summed E-state index contributed by atoms with van der Waals surface area (Å²) in [7, 11) is 0. The van der Waals surface area contributed by atoms with Gasteiger partial charge in [0.25, 0.3) is 0 Å². The second-order valence-corrected chi connectivity index (χ2v) is 6.52. The third-order valence-corrected chi connectivity index (χ3v) is 4.51. The third kappa shape index (κ3) is 5.25. The van der Waals surface area contributed by atoms with Gasteiger partial charge >= 0.3 is 6.36 Å². The highest BCUT2D eigenvalue weighted by Gasteiger charge is 2.32. The Balaban J connectivity index is 1.51. The van der Waals surface area contributed by atoms with E-state index < -0.39 is 6.36 Å². The molecule has 148 valence electrons. The molecule has 0 aliphatic carbocycles. The minimum Gasteiger partial charge on any atom is -0.405 e. The number of halogens is 3. The molecule has 0 fully saturated rings. The monoisotopic (exact) mass is 392 g/mol. The predicted molar refractivity (Wildman–Crippen MR) is 96.5 cm³/mol. The van der Waals surface area contributed by atoms with E-state index in [2.05, 4.69) is 15.4 Å². The van der Waals surface area contributed by atoms with E-state index in [0.29, 0.717) is 12.8 Å². The molecule has 0 saturated carbocycles. The van der Waals surface area contributed by atoms with Crippen LogP contribution in [0.2, 0.25) is 0 Å². The maximum absolute atomic E-state index is 12.4. The van der Waals surface area contributed by atoms with E-state index in [1.807, 2.05) is 24.3 Å². The van der Waals surface area contributed by atoms with Crippen molar-refractivity contribution in [1.82, 2.24) is 5.32 Å². The van der Waals surface area contributed by atoms with Gasteiger partial charge in [-0.1, -0.05) is 36.4 Å². The van der Waals surface area contributed by atoms with Crippen LogP contribution in [0.15, 0.2) is 48.5 Å². The number of amides is 2. The van der Waals surface area contributed by atoms with E-state index in [4.69, 9.17) is 0 Å². The zero-order valence-electron chi connectivity index (χ0n) is 14.9. The summed E-state index contributed by atoms with van der Waals surface area (Å²) in [4.78, 5) is 24.3. The molecule has 0 aromatic heterocycles. The fourth-order valence-corrected chi connectivity index (χ4v) is 3.11. The number of fused-ring (bicyclic) bond motifs is 1. The number of hydrogen-bond acceptors (Lipinski definition) is 3. The molecule has 1 heterocycles. The average Bonchev–Trinajstić information content (AvgIpc) is 2.64. The maximum Gasteiger partial charge on any atom is 0.573 e.